The van der Waals surface area contributed by atoms with Crippen LogP contribution in [0.5, 0.6) is 5.75 Å². The molecule has 1 rings (SSSR count). The van der Waals surface area contributed by atoms with E-state index in [2.05, 4.69) is 10.1 Å². The van der Waals surface area contributed by atoms with Gasteiger partial charge in [-0.3, -0.25) is 4.79 Å². The number of hydrogen-bond donors (Lipinski definition) is 1. The number of nitrogens with one attached hydrogen (secondary N) is 1. The molecular formula is C11H10Cl3NO4. The van der Waals surface area contributed by atoms with Gasteiger partial charge in [0.25, 0.3) is 5.91 Å². The summed E-state index contributed by atoms with van der Waals surface area (Å²) in [6.45, 7) is -0.761. The quantitative estimate of drug-likeness (QED) is 0.666. The molecule has 19 heavy (non-hydrogen) atoms. The first-order valence-corrected chi connectivity index (χ1v) is 6.21. The molecular weight excluding hydrogens is 316 g/mol. The lowest BCUT2D eigenvalue weighted by Gasteiger charge is -2.09. The number of amides is 1. The fourth-order valence-corrected chi connectivity index (χ4v) is 1.60. The highest BCUT2D eigenvalue weighted by Crippen LogP contribution is 2.33. The van der Waals surface area contributed by atoms with Crippen molar-refractivity contribution in [3.63, 3.8) is 0 Å². The van der Waals surface area contributed by atoms with Crippen molar-refractivity contribution in [1.82, 2.24) is 5.32 Å². The normalized spacial score (nSPS) is 9.89. The van der Waals surface area contributed by atoms with Crippen LogP contribution >= 0.6 is 34.8 Å². The van der Waals surface area contributed by atoms with Gasteiger partial charge in [0.2, 0.25) is 0 Å². The lowest BCUT2D eigenvalue weighted by molar-refractivity contribution is -0.150. The zero-order valence-electron chi connectivity index (χ0n) is 9.84. The van der Waals surface area contributed by atoms with Crippen LogP contribution in [-0.4, -0.2) is 32.1 Å². The standard InChI is InChI=1S/C11H10Cl3NO4/c1-15-10(16)4-19-11(17)5-18-9-3-7(13)6(12)2-8(9)14/h2-3H,4-5H2,1H3,(H,15,16). The Hall–Kier alpha value is -1.17. The summed E-state index contributed by atoms with van der Waals surface area (Å²) in [5, 5.41) is 3.05. The van der Waals surface area contributed by atoms with Crippen molar-refractivity contribution in [3.05, 3.63) is 27.2 Å². The molecule has 1 aromatic carbocycles. The Bertz CT molecular complexity index is 493. The Labute approximate surface area is 124 Å². The number of likely N-dealkylation sites (N-methyl/N-ethyl adjacent to an activating group) is 1. The monoisotopic (exact) mass is 325 g/mol. The van der Waals surface area contributed by atoms with Crippen molar-refractivity contribution < 1.29 is 19.1 Å². The number of carbonyl (C=O) groups is 2. The minimum Gasteiger partial charge on any atom is -0.480 e. The molecule has 0 saturated carbocycles. The van der Waals surface area contributed by atoms with Crippen LogP contribution in [0, 0.1) is 0 Å². The van der Waals surface area contributed by atoms with Crippen LogP contribution in [0.2, 0.25) is 15.1 Å². The fourth-order valence-electron chi connectivity index (χ4n) is 1.01. The molecule has 0 fully saturated rings. The molecule has 5 nitrogen and oxygen atoms in total. The van der Waals surface area contributed by atoms with Crippen LogP contribution in [0.1, 0.15) is 0 Å². The van der Waals surface area contributed by atoms with E-state index in [9.17, 15) is 9.59 Å². The summed E-state index contributed by atoms with van der Waals surface area (Å²) in [6.07, 6.45) is 0. The zero-order valence-corrected chi connectivity index (χ0v) is 12.1. The SMILES string of the molecule is CNC(=O)COC(=O)COc1cc(Cl)c(Cl)cc1Cl. The second-order valence-electron chi connectivity index (χ2n) is 3.32. The summed E-state index contributed by atoms with van der Waals surface area (Å²) in [5.74, 6) is -0.917. The smallest absolute Gasteiger partial charge is 0.344 e. The van der Waals surface area contributed by atoms with Crippen LogP contribution < -0.4 is 10.1 Å². The molecule has 8 heteroatoms. The third kappa shape index (κ3) is 5.14. The third-order valence-corrected chi connectivity index (χ3v) is 2.98. The predicted molar refractivity (Wildman–Crippen MR) is 72.0 cm³/mol. The summed E-state index contributed by atoms with van der Waals surface area (Å²) in [7, 11) is 1.43. The van der Waals surface area contributed by atoms with Crippen molar-refractivity contribution >= 4 is 46.7 Å². The average molecular weight is 327 g/mol. The Balaban J connectivity index is 2.51. The van der Waals surface area contributed by atoms with Gasteiger partial charge in [-0.05, 0) is 6.07 Å². The van der Waals surface area contributed by atoms with E-state index in [1.807, 2.05) is 0 Å². The van der Waals surface area contributed by atoms with E-state index < -0.39 is 18.5 Å². The second kappa shape index (κ2) is 7.43. The van der Waals surface area contributed by atoms with Crippen molar-refractivity contribution in [3.8, 4) is 5.75 Å². The lowest BCUT2D eigenvalue weighted by Crippen LogP contribution is -2.26. The second-order valence-corrected chi connectivity index (χ2v) is 4.54. The van der Waals surface area contributed by atoms with Crippen molar-refractivity contribution in [2.45, 2.75) is 0 Å². The molecule has 0 aromatic heterocycles. The van der Waals surface area contributed by atoms with E-state index in [1.54, 1.807) is 0 Å². The van der Waals surface area contributed by atoms with Gasteiger partial charge in [0.05, 0.1) is 15.1 Å². The highest BCUT2D eigenvalue weighted by Gasteiger charge is 2.11. The Kier molecular flexibility index (Phi) is 6.21. The topological polar surface area (TPSA) is 64.6 Å². The van der Waals surface area contributed by atoms with E-state index in [-0.39, 0.29) is 27.4 Å². The van der Waals surface area contributed by atoms with Crippen molar-refractivity contribution in [1.29, 1.82) is 0 Å². The maximum atomic E-state index is 11.3. The van der Waals surface area contributed by atoms with Crippen LogP contribution in [0.25, 0.3) is 0 Å². The molecule has 0 atom stereocenters. The maximum absolute atomic E-state index is 11.3. The van der Waals surface area contributed by atoms with Gasteiger partial charge in [0, 0.05) is 13.1 Å². The molecule has 0 bridgehead atoms. The molecule has 0 saturated heterocycles. The summed E-state index contributed by atoms with van der Waals surface area (Å²) in [5.41, 5.74) is 0. The molecule has 0 unspecified atom stereocenters. The highest BCUT2D eigenvalue weighted by atomic mass is 35.5. The van der Waals surface area contributed by atoms with Crippen LogP contribution in [0.3, 0.4) is 0 Å². The maximum Gasteiger partial charge on any atom is 0.344 e. The summed E-state index contributed by atoms with van der Waals surface area (Å²) in [4.78, 5) is 22.1. The number of esters is 1. The predicted octanol–water partition coefficient (Wildman–Crippen LogP) is 2.31. The molecule has 0 radical (unpaired) electrons. The van der Waals surface area contributed by atoms with Gasteiger partial charge in [-0.25, -0.2) is 4.79 Å². The van der Waals surface area contributed by atoms with Gasteiger partial charge < -0.3 is 14.8 Å². The number of rotatable bonds is 5. The first-order chi connectivity index (χ1) is 8.93. The number of halogens is 3. The van der Waals surface area contributed by atoms with Gasteiger partial charge in [0.15, 0.2) is 13.2 Å². The van der Waals surface area contributed by atoms with E-state index >= 15 is 0 Å². The largest absolute Gasteiger partial charge is 0.480 e. The summed E-state index contributed by atoms with van der Waals surface area (Å²) in [6, 6.07) is 2.79. The van der Waals surface area contributed by atoms with Crippen molar-refractivity contribution in [2.24, 2.45) is 0 Å². The molecule has 104 valence electrons. The molecule has 0 aliphatic carbocycles. The van der Waals surface area contributed by atoms with E-state index in [0.29, 0.717) is 0 Å². The lowest BCUT2D eigenvalue weighted by atomic mass is 10.3. The van der Waals surface area contributed by atoms with Gasteiger partial charge in [0.1, 0.15) is 5.75 Å². The fraction of sp³-hybridized carbons (Fsp3) is 0.273. The molecule has 1 aromatic rings. The zero-order chi connectivity index (χ0) is 14.4. The van der Waals surface area contributed by atoms with Gasteiger partial charge in [-0.15, -0.1) is 0 Å². The first kappa shape index (κ1) is 15.9. The first-order valence-electron chi connectivity index (χ1n) is 5.07. The number of ether oxygens (including phenoxy) is 2. The molecule has 0 spiro atoms. The van der Waals surface area contributed by atoms with Gasteiger partial charge in [-0.2, -0.15) is 0 Å². The Morgan fingerprint density at radius 2 is 1.74 bits per heavy atom. The minimum atomic E-state index is -0.703. The number of benzene rings is 1. The summed E-state index contributed by atoms with van der Waals surface area (Å²) >= 11 is 17.4. The Morgan fingerprint density at radius 1 is 1.11 bits per heavy atom. The summed E-state index contributed by atoms with van der Waals surface area (Å²) < 4.78 is 9.75. The van der Waals surface area contributed by atoms with Crippen LogP contribution in [0.15, 0.2) is 12.1 Å². The molecule has 1 N–H and O–H groups in total. The number of carbonyl (C=O) groups excluding carboxylic acids is 2. The van der Waals surface area contributed by atoms with Crippen LogP contribution in [-0.2, 0) is 14.3 Å². The number of hydrogen-bond acceptors (Lipinski definition) is 4. The van der Waals surface area contributed by atoms with Crippen LogP contribution in [0.4, 0.5) is 0 Å². The molecule has 0 heterocycles. The molecule has 0 aliphatic rings. The Morgan fingerprint density at radius 3 is 2.37 bits per heavy atom. The molecule has 0 aliphatic heterocycles. The van der Waals surface area contributed by atoms with E-state index in [4.69, 9.17) is 39.5 Å². The minimum absolute atomic E-state index is 0.202. The van der Waals surface area contributed by atoms with E-state index in [0.717, 1.165) is 0 Å². The third-order valence-electron chi connectivity index (χ3n) is 1.96. The molecule has 1 amide bonds. The van der Waals surface area contributed by atoms with Gasteiger partial charge in [-0.1, -0.05) is 34.8 Å². The average Bonchev–Trinajstić information content (AvgIpc) is 2.38. The van der Waals surface area contributed by atoms with E-state index in [1.165, 1.54) is 19.2 Å². The van der Waals surface area contributed by atoms with Crippen molar-refractivity contribution in [2.75, 3.05) is 20.3 Å². The highest BCUT2D eigenvalue weighted by molar-refractivity contribution is 6.43. The van der Waals surface area contributed by atoms with Gasteiger partial charge >= 0.3 is 5.97 Å².